The van der Waals surface area contributed by atoms with Gasteiger partial charge in [0, 0.05) is 37.2 Å². The maximum Gasteiger partial charge on any atom is 0.186 e. The molecule has 110 valence electrons. The molecule has 6 heteroatoms. The summed E-state index contributed by atoms with van der Waals surface area (Å²) in [6, 6.07) is 2.14. The maximum absolute atomic E-state index is 5.71. The topological polar surface area (TPSA) is 50.6 Å². The average Bonchev–Trinajstić information content (AvgIpc) is 3.03. The van der Waals surface area contributed by atoms with Crippen molar-refractivity contribution in [2.75, 3.05) is 13.7 Å². The van der Waals surface area contributed by atoms with Crippen molar-refractivity contribution in [1.82, 2.24) is 15.3 Å². The van der Waals surface area contributed by atoms with Crippen LogP contribution < -0.4 is 10.7 Å². The zero-order chi connectivity index (χ0) is 14.5. The first-order chi connectivity index (χ1) is 9.61. The minimum Gasteiger partial charge on any atom is -0.376 e. The first-order valence-corrected chi connectivity index (χ1v) is 7.31. The molecule has 1 aliphatic rings. The molecule has 5 nitrogen and oxygen atoms in total. The molecule has 2 heterocycles. The lowest BCUT2D eigenvalue weighted by Gasteiger charge is -2.14. The van der Waals surface area contributed by atoms with Crippen molar-refractivity contribution in [3.63, 3.8) is 0 Å². The molecule has 0 spiro atoms. The second kappa shape index (κ2) is 6.85. The van der Waals surface area contributed by atoms with Gasteiger partial charge < -0.3 is 14.6 Å². The summed E-state index contributed by atoms with van der Waals surface area (Å²) < 4.78 is 8.01. The van der Waals surface area contributed by atoms with Crippen LogP contribution in [0.5, 0.6) is 0 Å². The lowest BCUT2D eigenvalue weighted by molar-refractivity contribution is 0.0962. The molecule has 0 bridgehead atoms. The lowest BCUT2D eigenvalue weighted by Crippen LogP contribution is -2.28. The molecule has 1 aliphatic heterocycles. The smallest absolute Gasteiger partial charge is 0.186 e. The Balaban J connectivity index is 2.05. The average molecular weight is 294 g/mol. The molecule has 2 rings (SSSR count). The van der Waals surface area contributed by atoms with Gasteiger partial charge >= 0.3 is 0 Å². The van der Waals surface area contributed by atoms with Gasteiger partial charge in [0.05, 0.1) is 12.3 Å². The predicted octanol–water partition coefficient (Wildman–Crippen LogP) is 1.71. The van der Waals surface area contributed by atoms with Gasteiger partial charge in [-0.1, -0.05) is 0 Å². The van der Waals surface area contributed by atoms with Gasteiger partial charge in [0.2, 0.25) is 0 Å². The van der Waals surface area contributed by atoms with Crippen LogP contribution in [0.4, 0.5) is 0 Å². The number of thiocarbonyl (C=S) groups is 1. The standard InChI is InChI=1S/C14H22N4OS/c1-10-7-12(8-16-17-14(20)15-3)11(2)18(10)9-13-5-4-6-19-13/h7-8,13H,4-6,9H2,1-3H3,(H2,15,17,20)/b16-8-/t13-/m1/s1. The van der Waals surface area contributed by atoms with E-state index in [-0.39, 0.29) is 0 Å². The fourth-order valence-corrected chi connectivity index (χ4v) is 2.50. The summed E-state index contributed by atoms with van der Waals surface area (Å²) in [7, 11) is 1.76. The van der Waals surface area contributed by atoms with Gasteiger partial charge in [-0.05, 0) is 45.0 Å². The fourth-order valence-electron chi connectivity index (χ4n) is 2.45. The van der Waals surface area contributed by atoms with E-state index in [1.54, 1.807) is 13.3 Å². The quantitative estimate of drug-likeness (QED) is 0.504. The minimum absolute atomic E-state index is 0.347. The molecule has 2 N–H and O–H groups in total. The molecular formula is C14H22N4OS. The van der Waals surface area contributed by atoms with Crippen LogP contribution >= 0.6 is 12.2 Å². The number of hydrazone groups is 1. The second-order valence-corrected chi connectivity index (χ2v) is 5.43. The van der Waals surface area contributed by atoms with Gasteiger partial charge in [0.1, 0.15) is 0 Å². The molecule has 0 saturated carbocycles. The number of rotatable bonds is 4. The molecule has 0 radical (unpaired) electrons. The fraction of sp³-hybridized carbons (Fsp3) is 0.571. The summed E-state index contributed by atoms with van der Waals surface area (Å²) in [6.07, 6.45) is 4.47. The van der Waals surface area contributed by atoms with Crippen molar-refractivity contribution in [2.24, 2.45) is 5.10 Å². The van der Waals surface area contributed by atoms with Crippen LogP contribution in [0.25, 0.3) is 0 Å². The van der Waals surface area contributed by atoms with Gasteiger partial charge in [-0.25, -0.2) is 0 Å². The van der Waals surface area contributed by atoms with E-state index in [4.69, 9.17) is 17.0 Å². The van der Waals surface area contributed by atoms with Crippen molar-refractivity contribution in [1.29, 1.82) is 0 Å². The summed E-state index contributed by atoms with van der Waals surface area (Å²) in [5.74, 6) is 0. The highest BCUT2D eigenvalue weighted by atomic mass is 32.1. The van der Waals surface area contributed by atoms with Crippen LogP contribution in [0.3, 0.4) is 0 Å². The number of aryl methyl sites for hydroxylation is 1. The van der Waals surface area contributed by atoms with Crippen molar-refractivity contribution >= 4 is 23.5 Å². The van der Waals surface area contributed by atoms with Crippen molar-refractivity contribution in [3.05, 3.63) is 23.0 Å². The Morgan fingerprint density at radius 2 is 2.40 bits per heavy atom. The lowest BCUT2D eigenvalue weighted by atomic mass is 10.2. The Labute approximate surface area is 125 Å². The van der Waals surface area contributed by atoms with E-state index in [2.05, 4.69) is 40.3 Å². The third-order valence-corrected chi connectivity index (χ3v) is 3.92. The number of aromatic nitrogens is 1. The molecule has 1 fully saturated rings. The minimum atomic E-state index is 0.347. The molecule has 0 aromatic carbocycles. The van der Waals surface area contributed by atoms with E-state index in [0.29, 0.717) is 11.2 Å². The van der Waals surface area contributed by atoms with Crippen LogP contribution in [0.2, 0.25) is 0 Å². The highest BCUT2D eigenvalue weighted by Crippen LogP contribution is 2.19. The Hall–Kier alpha value is -1.40. The number of nitrogens with zero attached hydrogens (tertiary/aromatic N) is 2. The van der Waals surface area contributed by atoms with Crippen molar-refractivity contribution in [3.8, 4) is 0 Å². The largest absolute Gasteiger partial charge is 0.376 e. The second-order valence-electron chi connectivity index (χ2n) is 5.02. The number of hydrogen-bond donors (Lipinski definition) is 2. The summed E-state index contributed by atoms with van der Waals surface area (Å²) in [5.41, 5.74) is 6.31. The summed E-state index contributed by atoms with van der Waals surface area (Å²) in [6.45, 7) is 6.04. The van der Waals surface area contributed by atoms with Gasteiger partial charge in [-0.3, -0.25) is 5.43 Å². The molecule has 0 aliphatic carbocycles. The van der Waals surface area contributed by atoms with E-state index in [1.807, 2.05) is 0 Å². The van der Waals surface area contributed by atoms with Crippen LogP contribution in [0, 0.1) is 13.8 Å². The molecule has 0 amide bonds. The first kappa shape index (κ1) is 15.0. The van der Waals surface area contributed by atoms with Crippen molar-refractivity contribution in [2.45, 2.75) is 39.3 Å². The maximum atomic E-state index is 5.71. The van der Waals surface area contributed by atoms with Crippen LogP contribution in [0.15, 0.2) is 11.2 Å². The zero-order valence-corrected chi connectivity index (χ0v) is 13.1. The molecule has 1 atom stereocenters. The summed E-state index contributed by atoms with van der Waals surface area (Å²) in [5, 5.41) is 7.46. The highest BCUT2D eigenvalue weighted by Gasteiger charge is 2.18. The zero-order valence-electron chi connectivity index (χ0n) is 12.3. The Morgan fingerprint density at radius 3 is 3.05 bits per heavy atom. The van der Waals surface area contributed by atoms with Crippen molar-refractivity contribution < 1.29 is 4.74 Å². The normalized spacial score (nSPS) is 18.6. The SMILES string of the molecule is CNC(=S)N/N=C\c1cc(C)n(C[C@H]2CCCO2)c1C. The Kier molecular flexibility index (Phi) is 5.14. The van der Waals surface area contributed by atoms with Gasteiger partial charge in [-0.2, -0.15) is 5.10 Å². The van der Waals surface area contributed by atoms with E-state index < -0.39 is 0 Å². The third-order valence-electron chi connectivity index (χ3n) is 3.62. The number of nitrogens with one attached hydrogen (secondary N) is 2. The van der Waals surface area contributed by atoms with E-state index >= 15 is 0 Å². The third kappa shape index (κ3) is 3.58. The molecule has 0 unspecified atom stereocenters. The van der Waals surface area contributed by atoms with Crippen LogP contribution in [-0.2, 0) is 11.3 Å². The predicted molar refractivity (Wildman–Crippen MR) is 85.3 cm³/mol. The van der Waals surface area contributed by atoms with Crippen LogP contribution in [0.1, 0.15) is 29.8 Å². The number of ether oxygens (including phenoxy) is 1. The van der Waals surface area contributed by atoms with Gasteiger partial charge in [0.25, 0.3) is 0 Å². The van der Waals surface area contributed by atoms with E-state index in [0.717, 1.165) is 25.1 Å². The molecule has 1 aromatic heterocycles. The molecular weight excluding hydrogens is 272 g/mol. The molecule has 1 saturated heterocycles. The molecule has 1 aromatic rings. The molecule has 20 heavy (non-hydrogen) atoms. The summed E-state index contributed by atoms with van der Waals surface area (Å²) >= 11 is 4.97. The summed E-state index contributed by atoms with van der Waals surface area (Å²) in [4.78, 5) is 0. The number of hydrogen-bond acceptors (Lipinski definition) is 3. The first-order valence-electron chi connectivity index (χ1n) is 6.91. The monoisotopic (exact) mass is 294 g/mol. The van der Waals surface area contributed by atoms with Crippen LogP contribution in [-0.4, -0.2) is 35.7 Å². The highest BCUT2D eigenvalue weighted by molar-refractivity contribution is 7.80. The van der Waals surface area contributed by atoms with E-state index in [1.165, 1.54) is 17.8 Å². The van der Waals surface area contributed by atoms with Gasteiger partial charge in [0.15, 0.2) is 5.11 Å². The Bertz CT molecular complexity index is 504. The van der Waals surface area contributed by atoms with E-state index in [9.17, 15) is 0 Å². The Morgan fingerprint density at radius 1 is 1.60 bits per heavy atom. The van der Waals surface area contributed by atoms with Gasteiger partial charge in [-0.15, -0.1) is 0 Å².